The van der Waals surface area contributed by atoms with Crippen LogP contribution in [0.1, 0.15) is 23.5 Å². The molecule has 1 aliphatic carbocycles. The van der Waals surface area contributed by atoms with E-state index >= 15 is 0 Å². The molecule has 72 valence electrons. The van der Waals surface area contributed by atoms with Crippen molar-refractivity contribution in [2.75, 3.05) is 5.32 Å². The number of hydrogen-bond donors (Lipinski definition) is 1. The van der Waals surface area contributed by atoms with Crippen molar-refractivity contribution in [3.8, 4) is 0 Å². The van der Waals surface area contributed by atoms with Crippen molar-refractivity contribution in [3.05, 3.63) is 27.7 Å². The number of carbonyl (C=O) groups is 1. The van der Waals surface area contributed by atoms with Gasteiger partial charge in [-0.2, -0.15) is 0 Å². The minimum absolute atomic E-state index is 0.198. The second-order valence-corrected chi connectivity index (χ2v) is 4.98. The topological polar surface area (TPSA) is 29.1 Å². The maximum atomic E-state index is 11.5. The Hall–Kier alpha value is -0.830. The number of benzene rings is 1. The summed E-state index contributed by atoms with van der Waals surface area (Å²) in [5, 5.41) is 2.96. The Morgan fingerprint density at radius 3 is 3.00 bits per heavy atom. The van der Waals surface area contributed by atoms with E-state index in [1.807, 2.05) is 13.0 Å². The number of nitrogens with one attached hydrogen (secondary N) is 1. The van der Waals surface area contributed by atoms with Gasteiger partial charge in [-0.25, -0.2) is 0 Å². The van der Waals surface area contributed by atoms with Crippen LogP contribution in [0.2, 0.25) is 0 Å². The number of halogens is 1. The summed E-state index contributed by atoms with van der Waals surface area (Å²) in [6, 6.07) is 4.20. The second kappa shape index (κ2) is 2.60. The molecule has 1 aromatic rings. The molecule has 1 saturated carbocycles. The molecule has 1 aliphatic heterocycles. The number of hydrogen-bond acceptors (Lipinski definition) is 1. The van der Waals surface area contributed by atoms with Gasteiger partial charge in [0, 0.05) is 16.1 Å². The fourth-order valence-corrected chi connectivity index (χ4v) is 2.53. The van der Waals surface area contributed by atoms with Gasteiger partial charge < -0.3 is 5.32 Å². The molecule has 0 radical (unpaired) electrons. The first-order valence-electron chi connectivity index (χ1n) is 4.77. The van der Waals surface area contributed by atoms with Crippen molar-refractivity contribution in [2.24, 2.45) is 5.92 Å². The van der Waals surface area contributed by atoms with Crippen LogP contribution in [0.3, 0.4) is 0 Å². The van der Waals surface area contributed by atoms with Crippen LogP contribution in [0.15, 0.2) is 16.6 Å². The molecular formula is C11H10BrNO. The van der Waals surface area contributed by atoms with E-state index in [0.29, 0.717) is 5.92 Å². The summed E-state index contributed by atoms with van der Waals surface area (Å²) in [5.74, 6) is 0.928. The predicted molar refractivity (Wildman–Crippen MR) is 58.4 cm³/mol. The number of carbonyl (C=O) groups excluding carboxylic acids is 1. The highest BCUT2D eigenvalue weighted by Gasteiger charge is 2.48. The third-order valence-corrected chi connectivity index (χ3v) is 3.97. The van der Waals surface area contributed by atoms with Crippen LogP contribution in [-0.4, -0.2) is 5.91 Å². The summed E-state index contributed by atoms with van der Waals surface area (Å²) in [6.07, 6.45) is 1.02. The number of aryl methyl sites for hydroxylation is 1. The largest absolute Gasteiger partial charge is 0.326 e. The molecule has 14 heavy (non-hydrogen) atoms. The minimum atomic E-state index is 0.198. The summed E-state index contributed by atoms with van der Waals surface area (Å²) in [6.45, 7) is 2.04. The normalized spacial score (nSPS) is 27.7. The molecule has 0 aromatic heterocycles. The molecule has 1 aromatic carbocycles. The van der Waals surface area contributed by atoms with Gasteiger partial charge in [0.25, 0.3) is 0 Å². The van der Waals surface area contributed by atoms with Crippen molar-refractivity contribution in [1.82, 2.24) is 0 Å². The van der Waals surface area contributed by atoms with E-state index in [4.69, 9.17) is 0 Å². The first-order valence-corrected chi connectivity index (χ1v) is 5.57. The molecule has 0 spiro atoms. The third-order valence-electron chi connectivity index (χ3n) is 3.12. The second-order valence-electron chi connectivity index (χ2n) is 4.13. The molecule has 2 nitrogen and oxygen atoms in total. The van der Waals surface area contributed by atoms with Crippen molar-refractivity contribution >= 4 is 27.5 Å². The predicted octanol–water partition coefficient (Wildman–Crippen LogP) is 2.81. The smallest absolute Gasteiger partial charge is 0.228 e. The van der Waals surface area contributed by atoms with Crippen LogP contribution >= 0.6 is 15.9 Å². The van der Waals surface area contributed by atoms with Crippen LogP contribution in [0.25, 0.3) is 0 Å². The van der Waals surface area contributed by atoms with E-state index in [2.05, 4.69) is 27.3 Å². The van der Waals surface area contributed by atoms with E-state index in [1.165, 1.54) is 11.1 Å². The Bertz CT molecular complexity index is 441. The SMILES string of the molecule is Cc1cc2c(cc1Br)C1CC1C(=O)N2. The number of amides is 1. The van der Waals surface area contributed by atoms with Gasteiger partial charge in [0.05, 0.1) is 0 Å². The molecule has 1 heterocycles. The average molecular weight is 252 g/mol. The third kappa shape index (κ3) is 1.05. The lowest BCUT2D eigenvalue weighted by Gasteiger charge is -2.17. The maximum absolute atomic E-state index is 11.5. The molecule has 1 fully saturated rings. The Morgan fingerprint density at radius 1 is 1.43 bits per heavy atom. The zero-order chi connectivity index (χ0) is 9.87. The van der Waals surface area contributed by atoms with E-state index in [9.17, 15) is 4.79 Å². The zero-order valence-corrected chi connectivity index (χ0v) is 9.39. The van der Waals surface area contributed by atoms with Crippen molar-refractivity contribution < 1.29 is 4.79 Å². The fraction of sp³-hybridized carbons (Fsp3) is 0.364. The van der Waals surface area contributed by atoms with Gasteiger partial charge in [0.15, 0.2) is 0 Å². The lowest BCUT2D eigenvalue weighted by Crippen LogP contribution is -2.19. The monoisotopic (exact) mass is 251 g/mol. The van der Waals surface area contributed by atoms with E-state index < -0.39 is 0 Å². The molecule has 3 rings (SSSR count). The van der Waals surface area contributed by atoms with Gasteiger partial charge in [-0.05, 0) is 42.5 Å². The lowest BCUT2D eigenvalue weighted by molar-refractivity contribution is -0.117. The van der Waals surface area contributed by atoms with E-state index in [0.717, 1.165) is 16.6 Å². The summed E-state index contributed by atoms with van der Waals surface area (Å²) in [7, 11) is 0. The standard InChI is InChI=1S/C11H10BrNO/c1-5-2-10-7(4-9(5)12)6-3-8(6)11(14)13-10/h2,4,6,8H,3H2,1H3,(H,13,14). The van der Waals surface area contributed by atoms with E-state index in [-0.39, 0.29) is 11.8 Å². The molecule has 2 unspecified atom stereocenters. The molecular weight excluding hydrogens is 242 g/mol. The zero-order valence-electron chi connectivity index (χ0n) is 7.80. The minimum Gasteiger partial charge on any atom is -0.326 e. The highest BCUT2D eigenvalue weighted by molar-refractivity contribution is 9.10. The molecule has 1 N–H and O–H groups in total. The summed E-state index contributed by atoms with van der Waals surface area (Å²) < 4.78 is 1.14. The van der Waals surface area contributed by atoms with Crippen LogP contribution in [0, 0.1) is 12.8 Å². The first kappa shape index (κ1) is 8.48. The van der Waals surface area contributed by atoms with Crippen LogP contribution in [0.5, 0.6) is 0 Å². The van der Waals surface area contributed by atoms with Crippen molar-refractivity contribution in [1.29, 1.82) is 0 Å². The Morgan fingerprint density at radius 2 is 2.21 bits per heavy atom. The number of fused-ring (bicyclic) bond motifs is 3. The number of rotatable bonds is 0. The van der Waals surface area contributed by atoms with Gasteiger partial charge >= 0.3 is 0 Å². The van der Waals surface area contributed by atoms with E-state index in [1.54, 1.807) is 0 Å². The first-order chi connectivity index (χ1) is 6.66. The Balaban J connectivity index is 2.17. The molecule has 0 bridgehead atoms. The Labute approximate surface area is 90.8 Å². The highest BCUT2D eigenvalue weighted by atomic mass is 79.9. The summed E-state index contributed by atoms with van der Waals surface area (Å²) >= 11 is 3.52. The summed E-state index contributed by atoms with van der Waals surface area (Å²) in [4.78, 5) is 11.5. The molecule has 0 saturated heterocycles. The van der Waals surface area contributed by atoms with Crippen molar-refractivity contribution in [3.63, 3.8) is 0 Å². The molecule has 3 heteroatoms. The van der Waals surface area contributed by atoms with Crippen molar-refractivity contribution in [2.45, 2.75) is 19.3 Å². The molecule has 2 aliphatic rings. The maximum Gasteiger partial charge on any atom is 0.228 e. The van der Waals surface area contributed by atoms with Gasteiger partial charge in [0.2, 0.25) is 5.91 Å². The van der Waals surface area contributed by atoms with Gasteiger partial charge in [0.1, 0.15) is 0 Å². The fourth-order valence-electron chi connectivity index (χ4n) is 2.17. The summed E-state index contributed by atoms with van der Waals surface area (Å²) in [5.41, 5.74) is 3.48. The lowest BCUT2D eigenvalue weighted by atomic mass is 10.0. The van der Waals surface area contributed by atoms with Gasteiger partial charge in [-0.3, -0.25) is 4.79 Å². The average Bonchev–Trinajstić information content (AvgIpc) is 2.89. The van der Waals surface area contributed by atoms with Gasteiger partial charge in [-0.1, -0.05) is 15.9 Å². The Kier molecular flexibility index (Phi) is 1.57. The van der Waals surface area contributed by atoms with Crippen LogP contribution in [0.4, 0.5) is 5.69 Å². The molecule has 1 amide bonds. The number of anilines is 1. The quantitative estimate of drug-likeness (QED) is 0.755. The highest BCUT2D eigenvalue weighted by Crippen LogP contribution is 2.54. The van der Waals surface area contributed by atoms with Crippen LogP contribution < -0.4 is 5.32 Å². The molecule has 2 atom stereocenters. The van der Waals surface area contributed by atoms with Gasteiger partial charge in [-0.15, -0.1) is 0 Å². The van der Waals surface area contributed by atoms with Crippen LogP contribution in [-0.2, 0) is 4.79 Å².